The summed E-state index contributed by atoms with van der Waals surface area (Å²) < 4.78 is 44.6. The number of benzene rings is 1. The molecule has 0 saturated heterocycles. The first kappa shape index (κ1) is 17.4. The Bertz CT molecular complexity index is 630. The van der Waals surface area contributed by atoms with Gasteiger partial charge in [-0.25, -0.2) is 12.8 Å². The zero-order chi connectivity index (χ0) is 16.2. The molecule has 1 rings (SSSR count). The van der Waals surface area contributed by atoms with Crippen molar-refractivity contribution < 1.29 is 27.4 Å². The van der Waals surface area contributed by atoms with E-state index in [9.17, 15) is 17.6 Å². The summed E-state index contributed by atoms with van der Waals surface area (Å²) in [7, 11) is -2.80. The molecule has 0 aromatic heterocycles. The lowest BCUT2D eigenvalue weighted by Gasteiger charge is -2.21. The van der Waals surface area contributed by atoms with Crippen LogP contribution in [0, 0.1) is 12.7 Å². The molecule has 1 N–H and O–H groups in total. The zero-order valence-electron chi connectivity index (χ0n) is 12.1. The predicted molar refractivity (Wildman–Crippen MR) is 74.4 cm³/mol. The van der Waals surface area contributed by atoms with E-state index in [0.29, 0.717) is 6.42 Å². The first-order valence-corrected chi connectivity index (χ1v) is 7.74. The van der Waals surface area contributed by atoms with Gasteiger partial charge in [0.1, 0.15) is 6.54 Å². The number of halogens is 1. The van der Waals surface area contributed by atoms with Crippen LogP contribution in [0.4, 0.5) is 4.39 Å². The van der Waals surface area contributed by atoms with Crippen molar-refractivity contribution in [2.45, 2.75) is 25.2 Å². The van der Waals surface area contributed by atoms with Crippen LogP contribution in [0.25, 0.3) is 0 Å². The van der Waals surface area contributed by atoms with E-state index in [0.717, 1.165) is 4.31 Å². The number of methoxy groups -OCH3 is 1. The smallest absolute Gasteiger partial charge is 0.318 e. The van der Waals surface area contributed by atoms with E-state index < -0.39 is 28.4 Å². The standard InChI is InChI=1S/C13H18FNO5S/c1-4-7-15(8-12(16)17)21(18,19)11-6-5-10(20-3)13(14)9(11)2/h5-6H,4,7-8H2,1-3H3,(H,16,17). The molecule has 8 heteroatoms. The normalized spacial score (nSPS) is 11.7. The Kier molecular flexibility index (Phi) is 5.68. The minimum absolute atomic E-state index is 0.0434. The largest absolute Gasteiger partial charge is 0.494 e. The molecule has 0 saturated carbocycles. The molecule has 0 amide bonds. The average molecular weight is 319 g/mol. The Morgan fingerprint density at radius 3 is 2.52 bits per heavy atom. The van der Waals surface area contributed by atoms with Gasteiger partial charge in [-0.15, -0.1) is 0 Å². The third-order valence-corrected chi connectivity index (χ3v) is 4.91. The highest BCUT2D eigenvalue weighted by Crippen LogP contribution is 2.28. The summed E-state index contributed by atoms with van der Waals surface area (Å²) in [5, 5.41) is 8.83. The van der Waals surface area contributed by atoms with Crippen LogP contribution in [-0.4, -0.2) is 44.0 Å². The summed E-state index contributed by atoms with van der Waals surface area (Å²) in [6.07, 6.45) is 0.449. The van der Waals surface area contributed by atoms with Gasteiger partial charge in [-0.3, -0.25) is 4.79 Å². The molecule has 0 radical (unpaired) electrons. The van der Waals surface area contributed by atoms with Gasteiger partial charge in [0.15, 0.2) is 11.6 Å². The van der Waals surface area contributed by atoms with E-state index in [1.165, 1.54) is 26.2 Å². The summed E-state index contributed by atoms with van der Waals surface area (Å²) in [6, 6.07) is 2.43. The minimum Gasteiger partial charge on any atom is -0.494 e. The second kappa shape index (κ2) is 6.86. The van der Waals surface area contributed by atoms with E-state index in [2.05, 4.69) is 0 Å². The van der Waals surface area contributed by atoms with Crippen molar-refractivity contribution in [1.29, 1.82) is 0 Å². The van der Waals surface area contributed by atoms with Crippen LogP contribution in [0.2, 0.25) is 0 Å². The molecular formula is C13H18FNO5S. The molecule has 6 nitrogen and oxygen atoms in total. The van der Waals surface area contributed by atoms with Crippen LogP contribution >= 0.6 is 0 Å². The van der Waals surface area contributed by atoms with Gasteiger partial charge >= 0.3 is 5.97 Å². The molecule has 0 aliphatic carbocycles. The van der Waals surface area contributed by atoms with E-state index >= 15 is 0 Å². The van der Waals surface area contributed by atoms with Crippen molar-refractivity contribution in [2.75, 3.05) is 20.2 Å². The topological polar surface area (TPSA) is 83.9 Å². The third kappa shape index (κ3) is 3.70. The summed E-state index contributed by atoms with van der Waals surface area (Å²) in [6.45, 7) is 2.42. The predicted octanol–water partition coefficient (Wildman–Crippen LogP) is 1.63. The number of rotatable bonds is 7. The van der Waals surface area contributed by atoms with Crippen molar-refractivity contribution in [1.82, 2.24) is 4.31 Å². The molecule has 1 aromatic rings. The summed E-state index contributed by atoms with van der Waals surface area (Å²) in [4.78, 5) is 10.6. The lowest BCUT2D eigenvalue weighted by molar-refractivity contribution is -0.137. The fourth-order valence-corrected chi connectivity index (χ4v) is 3.60. The number of carboxylic acids is 1. The third-order valence-electron chi connectivity index (χ3n) is 2.92. The van der Waals surface area contributed by atoms with Crippen LogP contribution in [0.1, 0.15) is 18.9 Å². The number of nitrogens with zero attached hydrogens (tertiary/aromatic N) is 1. The van der Waals surface area contributed by atoms with Crippen LogP contribution in [0.3, 0.4) is 0 Å². The van der Waals surface area contributed by atoms with E-state index in [1.807, 2.05) is 0 Å². The Labute approximate surface area is 123 Å². The monoisotopic (exact) mass is 319 g/mol. The van der Waals surface area contributed by atoms with Crippen molar-refractivity contribution >= 4 is 16.0 Å². The van der Waals surface area contributed by atoms with E-state index in [4.69, 9.17) is 9.84 Å². The molecule has 0 bridgehead atoms. The number of sulfonamides is 1. The van der Waals surface area contributed by atoms with Gasteiger partial charge in [-0.1, -0.05) is 6.92 Å². The van der Waals surface area contributed by atoms with Crippen molar-refractivity contribution in [3.05, 3.63) is 23.5 Å². The Morgan fingerprint density at radius 2 is 2.05 bits per heavy atom. The Balaban J connectivity index is 3.34. The maximum absolute atomic E-state index is 14.0. The van der Waals surface area contributed by atoms with Gasteiger partial charge in [-0.05, 0) is 25.5 Å². The van der Waals surface area contributed by atoms with Gasteiger partial charge < -0.3 is 9.84 Å². The van der Waals surface area contributed by atoms with Crippen LogP contribution in [-0.2, 0) is 14.8 Å². The number of carbonyl (C=O) groups is 1. The van der Waals surface area contributed by atoms with Crippen LogP contribution < -0.4 is 4.74 Å². The number of ether oxygens (including phenoxy) is 1. The molecule has 0 fully saturated rings. The SMILES string of the molecule is CCCN(CC(=O)O)S(=O)(=O)c1ccc(OC)c(F)c1C. The number of hydrogen-bond donors (Lipinski definition) is 1. The highest BCUT2D eigenvalue weighted by atomic mass is 32.2. The first-order chi connectivity index (χ1) is 9.75. The molecule has 0 aliphatic heterocycles. The number of carboxylic acid groups (broad SMARTS) is 1. The Hall–Kier alpha value is -1.67. The Morgan fingerprint density at radius 1 is 1.43 bits per heavy atom. The summed E-state index contributed by atoms with van der Waals surface area (Å²) >= 11 is 0. The fourth-order valence-electron chi connectivity index (χ4n) is 1.90. The molecule has 1 aromatic carbocycles. The summed E-state index contributed by atoms with van der Waals surface area (Å²) in [5.41, 5.74) is -0.0964. The average Bonchev–Trinajstić information content (AvgIpc) is 2.40. The molecule has 0 aliphatic rings. The van der Waals surface area contributed by atoms with Crippen molar-refractivity contribution in [2.24, 2.45) is 0 Å². The molecule has 0 unspecified atom stereocenters. The van der Waals surface area contributed by atoms with Crippen LogP contribution in [0.15, 0.2) is 17.0 Å². The maximum atomic E-state index is 14.0. The zero-order valence-corrected chi connectivity index (χ0v) is 12.9. The van der Waals surface area contributed by atoms with E-state index in [-0.39, 0.29) is 22.8 Å². The number of aliphatic carboxylic acids is 1. The highest BCUT2D eigenvalue weighted by molar-refractivity contribution is 7.89. The lowest BCUT2D eigenvalue weighted by Crippen LogP contribution is -2.36. The van der Waals surface area contributed by atoms with Crippen LogP contribution in [0.5, 0.6) is 5.75 Å². The van der Waals surface area contributed by atoms with Crippen molar-refractivity contribution in [3.63, 3.8) is 0 Å². The van der Waals surface area contributed by atoms with Gasteiger partial charge in [0.25, 0.3) is 0 Å². The lowest BCUT2D eigenvalue weighted by atomic mass is 10.2. The first-order valence-electron chi connectivity index (χ1n) is 6.30. The minimum atomic E-state index is -4.08. The van der Waals surface area contributed by atoms with Gasteiger partial charge in [0.05, 0.1) is 12.0 Å². The number of hydrogen-bond acceptors (Lipinski definition) is 4. The highest BCUT2D eigenvalue weighted by Gasteiger charge is 2.29. The molecule has 21 heavy (non-hydrogen) atoms. The summed E-state index contributed by atoms with van der Waals surface area (Å²) in [5.74, 6) is -2.10. The van der Waals surface area contributed by atoms with E-state index in [1.54, 1.807) is 6.92 Å². The van der Waals surface area contributed by atoms with Gasteiger partial charge in [-0.2, -0.15) is 4.31 Å². The second-order valence-corrected chi connectivity index (χ2v) is 6.34. The van der Waals surface area contributed by atoms with Gasteiger partial charge in [0, 0.05) is 12.1 Å². The maximum Gasteiger partial charge on any atom is 0.318 e. The van der Waals surface area contributed by atoms with Crippen molar-refractivity contribution in [3.8, 4) is 5.75 Å². The quantitative estimate of drug-likeness (QED) is 0.826. The molecule has 118 valence electrons. The second-order valence-electron chi connectivity index (χ2n) is 4.44. The van der Waals surface area contributed by atoms with Gasteiger partial charge in [0.2, 0.25) is 10.0 Å². The molecule has 0 atom stereocenters. The molecule has 0 heterocycles. The fraction of sp³-hybridized carbons (Fsp3) is 0.462. The molecular weight excluding hydrogens is 301 g/mol. The molecule has 0 spiro atoms.